The minimum Gasteiger partial charge on any atom is -0.497 e. The monoisotopic (exact) mass is 442 g/mol. The molecule has 146 valence electrons. The van der Waals surface area contributed by atoms with Crippen molar-refractivity contribution < 1.29 is 14.3 Å². The molecule has 1 aliphatic carbocycles. The molecule has 4 rings (SSSR count). The van der Waals surface area contributed by atoms with Crippen LogP contribution in [-0.2, 0) is 16.1 Å². The van der Waals surface area contributed by atoms with Gasteiger partial charge in [-0.1, -0.05) is 24.3 Å². The molecule has 0 radical (unpaired) electrons. The average Bonchev–Trinajstić information content (AvgIpc) is 3.48. The number of anilines is 1. The van der Waals surface area contributed by atoms with Crippen LogP contribution in [0.2, 0.25) is 0 Å². The van der Waals surface area contributed by atoms with Crippen LogP contribution in [0.15, 0.2) is 53.0 Å². The molecule has 0 bridgehead atoms. The molecule has 2 aliphatic rings. The zero-order valence-corrected chi connectivity index (χ0v) is 17.4. The van der Waals surface area contributed by atoms with Gasteiger partial charge in [0.25, 0.3) is 0 Å². The van der Waals surface area contributed by atoms with Crippen LogP contribution in [0.3, 0.4) is 0 Å². The molecule has 2 amide bonds. The normalized spacial score (nSPS) is 19.0. The van der Waals surface area contributed by atoms with Gasteiger partial charge in [-0.2, -0.15) is 0 Å². The van der Waals surface area contributed by atoms with Crippen molar-refractivity contribution >= 4 is 33.4 Å². The lowest BCUT2D eigenvalue weighted by atomic mass is 10.1. The maximum Gasteiger partial charge on any atom is 0.228 e. The van der Waals surface area contributed by atoms with Crippen molar-refractivity contribution in [3.63, 3.8) is 0 Å². The molecule has 2 aromatic rings. The molecule has 1 heterocycles. The summed E-state index contributed by atoms with van der Waals surface area (Å²) in [7, 11) is 1.64. The number of hydrogen-bond donors (Lipinski definition) is 0. The molecule has 2 aromatic carbocycles. The molecule has 5 nitrogen and oxygen atoms in total. The number of halogens is 1. The number of ether oxygens (including phenoxy) is 1. The van der Waals surface area contributed by atoms with Gasteiger partial charge in [-0.3, -0.25) is 9.59 Å². The maximum atomic E-state index is 13.3. The molecule has 1 saturated carbocycles. The summed E-state index contributed by atoms with van der Waals surface area (Å²) in [6.07, 6.45) is 2.35. The van der Waals surface area contributed by atoms with Crippen molar-refractivity contribution in [2.24, 2.45) is 5.92 Å². The maximum absolute atomic E-state index is 13.3. The molecule has 1 atom stereocenters. The standard InChI is InChI=1S/C22H23BrN2O3/c1-28-18-10-6-15(7-11-18)13-24(17-8-9-17)22(27)16-12-21(26)25(14-16)20-5-3-2-4-19(20)23/h2-7,10-11,16-17H,8-9,12-14H2,1H3. The highest BCUT2D eigenvalue weighted by Crippen LogP contribution is 2.35. The van der Waals surface area contributed by atoms with Crippen molar-refractivity contribution in [1.82, 2.24) is 4.90 Å². The summed E-state index contributed by atoms with van der Waals surface area (Å²) in [5, 5.41) is 0. The Morgan fingerprint density at radius 2 is 1.89 bits per heavy atom. The lowest BCUT2D eigenvalue weighted by Gasteiger charge is -2.26. The van der Waals surface area contributed by atoms with Gasteiger partial charge in [0.2, 0.25) is 11.8 Å². The fraction of sp³-hybridized carbons (Fsp3) is 0.364. The van der Waals surface area contributed by atoms with E-state index in [-0.39, 0.29) is 24.2 Å². The van der Waals surface area contributed by atoms with Crippen molar-refractivity contribution in [2.75, 3.05) is 18.6 Å². The third kappa shape index (κ3) is 3.92. The summed E-state index contributed by atoms with van der Waals surface area (Å²) in [6, 6.07) is 15.8. The fourth-order valence-corrected chi connectivity index (χ4v) is 4.21. The molecular weight excluding hydrogens is 420 g/mol. The van der Waals surface area contributed by atoms with E-state index < -0.39 is 0 Å². The first-order chi connectivity index (χ1) is 13.6. The van der Waals surface area contributed by atoms with Gasteiger partial charge in [-0.05, 0) is 58.6 Å². The first kappa shape index (κ1) is 19.0. The Bertz CT molecular complexity index is 880. The van der Waals surface area contributed by atoms with E-state index in [9.17, 15) is 9.59 Å². The van der Waals surface area contributed by atoms with Crippen LogP contribution in [0.5, 0.6) is 5.75 Å². The molecular formula is C22H23BrN2O3. The first-order valence-corrected chi connectivity index (χ1v) is 10.3. The summed E-state index contributed by atoms with van der Waals surface area (Å²) in [5.41, 5.74) is 1.91. The van der Waals surface area contributed by atoms with E-state index in [0.29, 0.717) is 19.1 Å². The van der Waals surface area contributed by atoms with Crippen LogP contribution in [0.4, 0.5) is 5.69 Å². The zero-order chi connectivity index (χ0) is 19.7. The van der Waals surface area contributed by atoms with Crippen molar-refractivity contribution in [3.8, 4) is 5.75 Å². The highest BCUT2D eigenvalue weighted by molar-refractivity contribution is 9.10. The van der Waals surface area contributed by atoms with Crippen molar-refractivity contribution in [2.45, 2.75) is 31.8 Å². The number of carbonyl (C=O) groups is 2. The Morgan fingerprint density at radius 3 is 2.54 bits per heavy atom. The number of rotatable bonds is 6. The van der Waals surface area contributed by atoms with Gasteiger partial charge in [0, 0.05) is 30.0 Å². The van der Waals surface area contributed by atoms with E-state index in [4.69, 9.17) is 4.74 Å². The second kappa shape index (κ2) is 7.95. The van der Waals surface area contributed by atoms with Crippen LogP contribution in [0.25, 0.3) is 0 Å². The summed E-state index contributed by atoms with van der Waals surface area (Å²) < 4.78 is 6.08. The van der Waals surface area contributed by atoms with Crippen LogP contribution < -0.4 is 9.64 Å². The smallest absolute Gasteiger partial charge is 0.228 e. The number of nitrogens with zero attached hydrogens (tertiary/aromatic N) is 2. The Balaban J connectivity index is 1.48. The van der Waals surface area contributed by atoms with E-state index in [1.807, 2.05) is 53.4 Å². The number of benzene rings is 2. The Hall–Kier alpha value is -2.34. The predicted octanol–water partition coefficient (Wildman–Crippen LogP) is 4.00. The van der Waals surface area contributed by atoms with E-state index >= 15 is 0 Å². The number of para-hydroxylation sites is 1. The molecule has 6 heteroatoms. The summed E-state index contributed by atoms with van der Waals surface area (Å²) in [4.78, 5) is 29.6. The number of hydrogen-bond acceptors (Lipinski definition) is 3. The third-order valence-electron chi connectivity index (χ3n) is 5.40. The molecule has 0 aromatic heterocycles. The third-order valence-corrected chi connectivity index (χ3v) is 6.07. The van der Waals surface area contributed by atoms with Gasteiger partial charge in [0.1, 0.15) is 5.75 Å². The molecule has 1 unspecified atom stereocenters. The van der Waals surface area contributed by atoms with Gasteiger partial charge in [-0.25, -0.2) is 0 Å². The molecule has 1 aliphatic heterocycles. The highest BCUT2D eigenvalue weighted by atomic mass is 79.9. The second-order valence-electron chi connectivity index (χ2n) is 7.40. The highest BCUT2D eigenvalue weighted by Gasteiger charge is 2.41. The second-order valence-corrected chi connectivity index (χ2v) is 8.26. The van der Waals surface area contributed by atoms with Crippen LogP contribution in [-0.4, -0.2) is 36.4 Å². The first-order valence-electron chi connectivity index (χ1n) is 9.55. The molecule has 2 fully saturated rings. The Kier molecular flexibility index (Phi) is 5.40. The summed E-state index contributed by atoms with van der Waals surface area (Å²) in [6.45, 7) is 1.01. The minimum atomic E-state index is -0.293. The van der Waals surface area contributed by atoms with Gasteiger partial charge in [-0.15, -0.1) is 0 Å². The van der Waals surface area contributed by atoms with Crippen molar-refractivity contribution in [1.29, 1.82) is 0 Å². The SMILES string of the molecule is COc1ccc(CN(C(=O)C2CC(=O)N(c3ccccc3Br)C2)C2CC2)cc1. The molecule has 1 saturated heterocycles. The Morgan fingerprint density at radius 1 is 1.18 bits per heavy atom. The number of carbonyl (C=O) groups excluding carboxylic acids is 2. The van der Waals surface area contributed by atoms with Gasteiger partial charge >= 0.3 is 0 Å². The van der Waals surface area contributed by atoms with Gasteiger partial charge < -0.3 is 14.5 Å². The largest absolute Gasteiger partial charge is 0.497 e. The van der Waals surface area contributed by atoms with Crippen molar-refractivity contribution in [3.05, 3.63) is 58.6 Å². The predicted molar refractivity (Wildman–Crippen MR) is 111 cm³/mol. The zero-order valence-electron chi connectivity index (χ0n) is 15.8. The fourth-order valence-electron chi connectivity index (χ4n) is 3.71. The van der Waals surface area contributed by atoms with Crippen LogP contribution >= 0.6 is 15.9 Å². The van der Waals surface area contributed by atoms with E-state index in [1.165, 1.54) is 0 Å². The number of methoxy groups -OCH3 is 1. The van der Waals surface area contributed by atoms with Crippen LogP contribution in [0.1, 0.15) is 24.8 Å². The molecule has 0 spiro atoms. The molecule has 28 heavy (non-hydrogen) atoms. The quantitative estimate of drug-likeness (QED) is 0.678. The Labute approximate surface area is 173 Å². The van der Waals surface area contributed by atoms with E-state index in [0.717, 1.165) is 34.3 Å². The summed E-state index contributed by atoms with van der Waals surface area (Å²) >= 11 is 3.51. The van der Waals surface area contributed by atoms with Gasteiger partial charge in [0.15, 0.2) is 0 Å². The average molecular weight is 443 g/mol. The van der Waals surface area contributed by atoms with Gasteiger partial charge in [0.05, 0.1) is 18.7 Å². The lowest BCUT2D eigenvalue weighted by molar-refractivity contribution is -0.137. The molecule has 0 N–H and O–H groups in total. The number of amides is 2. The summed E-state index contributed by atoms with van der Waals surface area (Å²) in [5.74, 6) is 0.601. The lowest BCUT2D eigenvalue weighted by Crippen LogP contribution is -2.38. The van der Waals surface area contributed by atoms with Crippen LogP contribution in [0, 0.1) is 5.92 Å². The topological polar surface area (TPSA) is 49.9 Å². The van der Waals surface area contributed by atoms with E-state index in [1.54, 1.807) is 12.0 Å². The van der Waals surface area contributed by atoms with E-state index in [2.05, 4.69) is 15.9 Å². The minimum absolute atomic E-state index is 0.00504.